The first-order valence-corrected chi connectivity index (χ1v) is 9.23. The number of rotatable bonds is 2. The lowest BCUT2D eigenvalue weighted by Crippen LogP contribution is -2.34. The fourth-order valence-corrected chi connectivity index (χ4v) is 4.41. The Hall–Kier alpha value is -3.15. The van der Waals surface area contributed by atoms with E-state index in [1.54, 1.807) is 6.07 Å². The zero-order chi connectivity index (χ0) is 18.5. The van der Waals surface area contributed by atoms with Gasteiger partial charge in [-0.2, -0.15) is 0 Å². The van der Waals surface area contributed by atoms with Crippen LogP contribution in [0.3, 0.4) is 0 Å². The van der Waals surface area contributed by atoms with Crippen molar-refractivity contribution in [1.82, 2.24) is 0 Å². The fraction of sp³-hybridized carbons (Fsp3) is 0.286. The van der Waals surface area contributed by atoms with Gasteiger partial charge in [0.1, 0.15) is 5.76 Å². The van der Waals surface area contributed by atoms with Crippen LogP contribution >= 0.6 is 0 Å². The predicted octanol–water partition coefficient (Wildman–Crippen LogP) is 3.96. The summed E-state index contributed by atoms with van der Waals surface area (Å²) in [5, 5.41) is 11.0. The van der Waals surface area contributed by atoms with Crippen LogP contribution in [0, 0.1) is 10.1 Å². The summed E-state index contributed by atoms with van der Waals surface area (Å²) in [6, 6.07) is 8.64. The summed E-state index contributed by atoms with van der Waals surface area (Å²) in [5.74, 6) is -0.0778. The van der Waals surface area contributed by atoms with Crippen LogP contribution in [0.25, 0.3) is 11.8 Å². The molecular formula is C21H18N2O4. The Balaban J connectivity index is 1.57. The smallest absolute Gasteiger partial charge is 0.344 e. The highest BCUT2D eigenvalue weighted by molar-refractivity contribution is 6.06. The molecule has 6 nitrogen and oxygen atoms in total. The molecule has 0 atom stereocenters. The number of aryl methyl sites for hydroxylation is 2. The van der Waals surface area contributed by atoms with Gasteiger partial charge in [0.05, 0.1) is 10.5 Å². The maximum absolute atomic E-state index is 12.2. The van der Waals surface area contributed by atoms with E-state index in [1.165, 1.54) is 28.9 Å². The van der Waals surface area contributed by atoms with Crippen molar-refractivity contribution in [3.05, 3.63) is 68.3 Å². The van der Waals surface area contributed by atoms with E-state index in [2.05, 4.69) is 17.0 Å². The average molecular weight is 362 g/mol. The molecule has 2 aromatic rings. The molecule has 0 radical (unpaired) electrons. The van der Waals surface area contributed by atoms with Crippen LogP contribution < -0.4 is 4.90 Å². The number of nitrogens with zero attached hydrogens (tertiary/aromatic N) is 2. The van der Waals surface area contributed by atoms with Gasteiger partial charge in [0, 0.05) is 36.5 Å². The van der Waals surface area contributed by atoms with Crippen molar-refractivity contribution in [3.63, 3.8) is 0 Å². The minimum atomic E-state index is -0.537. The summed E-state index contributed by atoms with van der Waals surface area (Å²) in [4.78, 5) is 25.1. The second-order valence-corrected chi connectivity index (χ2v) is 7.27. The number of anilines is 1. The van der Waals surface area contributed by atoms with Crippen LogP contribution in [-0.2, 0) is 17.6 Å². The predicted molar refractivity (Wildman–Crippen MR) is 102 cm³/mol. The molecule has 136 valence electrons. The molecule has 0 aromatic heterocycles. The van der Waals surface area contributed by atoms with Crippen LogP contribution in [0.1, 0.15) is 45.5 Å². The van der Waals surface area contributed by atoms with Gasteiger partial charge in [-0.25, -0.2) is 4.79 Å². The van der Waals surface area contributed by atoms with Crippen molar-refractivity contribution in [1.29, 1.82) is 0 Å². The maximum atomic E-state index is 12.2. The molecule has 27 heavy (non-hydrogen) atoms. The molecule has 3 aliphatic heterocycles. The SMILES string of the molecule is O=C1OC(=Cc2cc3c4c(c2)CCCN4CCC3)c2ccc([N+](=O)[O-])cc21. The molecule has 0 aliphatic carbocycles. The second kappa shape index (κ2) is 5.94. The van der Waals surface area contributed by atoms with E-state index in [0.717, 1.165) is 44.3 Å². The van der Waals surface area contributed by atoms with Crippen molar-refractivity contribution in [3.8, 4) is 0 Å². The number of cyclic esters (lactones) is 1. The Morgan fingerprint density at radius 2 is 1.74 bits per heavy atom. The van der Waals surface area contributed by atoms with Crippen LogP contribution in [0.2, 0.25) is 0 Å². The van der Waals surface area contributed by atoms with Crippen LogP contribution in [-0.4, -0.2) is 24.0 Å². The molecule has 0 N–H and O–H groups in total. The van der Waals surface area contributed by atoms with Crippen molar-refractivity contribution in [2.24, 2.45) is 0 Å². The van der Waals surface area contributed by atoms with Gasteiger partial charge in [-0.05, 0) is 66.6 Å². The molecule has 2 aromatic carbocycles. The lowest BCUT2D eigenvalue weighted by Gasteiger charge is -2.37. The summed E-state index contributed by atoms with van der Waals surface area (Å²) in [7, 11) is 0. The molecule has 0 amide bonds. The normalized spacial score (nSPS) is 18.9. The summed E-state index contributed by atoms with van der Waals surface area (Å²) in [6.45, 7) is 2.26. The van der Waals surface area contributed by atoms with Gasteiger partial charge in [-0.15, -0.1) is 0 Å². The van der Waals surface area contributed by atoms with E-state index in [4.69, 9.17) is 4.74 Å². The third-order valence-corrected chi connectivity index (χ3v) is 5.55. The Bertz CT molecular complexity index is 994. The fourth-order valence-electron chi connectivity index (χ4n) is 4.41. The van der Waals surface area contributed by atoms with Crippen molar-refractivity contribution >= 4 is 29.2 Å². The highest BCUT2D eigenvalue weighted by atomic mass is 16.6. The molecule has 6 heteroatoms. The van der Waals surface area contributed by atoms with Crippen LogP contribution in [0.15, 0.2) is 30.3 Å². The Kier molecular flexibility index (Phi) is 3.53. The van der Waals surface area contributed by atoms with Crippen molar-refractivity contribution in [2.75, 3.05) is 18.0 Å². The summed E-state index contributed by atoms with van der Waals surface area (Å²) in [5.41, 5.74) is 5.89. The molecule has 0 bridgehead atoms. The van der Waals surface area contributed by atoms with Gasteiger partial charge in [0.2, 0.25) is 0 Å². The molecule has 0 saturated heterocycles. The Morgan fingerprint density at radius 3 is 2.41 bits per heavy atom. The molecule has 0 spiro atoms. The van der Waals surface area contributed by atoms with E-state index in [1.807, 2.05) is 6.08 Å². The Morgan fingerprint density at radius 1 is 1.04 bits per heavy atom. The van der Waals surface area contributed by atoms with Gasteiger partial charge in [0.15, 0.2) is 0 Å². The number of non-ortho nitro benzene ring substituents is 1. The summed E-state index contributed by atoms with van der Waals surface area (Å²) < 4.78 is 5.41. The van der Waals surface area contributed by atoms with Gasteiger partial charge in [-0.1, -0.05) is 0 Å². The van der Waals surface area contributed by atoms with Gasteiger partial charge in [-0.3, -0.25) is 10.1 Å². The Labute approximate surface area is 156 Å². The van der Waals surface area contributed by atoms with E-state index < -0.39 is 10.9 Å². The zero-order valence-corrected chi connectivity index (χ0v) is 14.7. The first-order chi connectivity index (χ1) is 13.1. The number of nitro benzene ring substituents is 1. The van der Waals surface area contributed by atoms with Gasteiger partial charge < -0.3 is 9.64 Å². The summed E-state index contributed by atoms with van der Waals surface area (Å²) in [6.07, 6.45) is 6.33. The second-order valence-electron chi connectivity index (χ2n) is 7.27. The zero-order valence-electron chi connectivity index (χ0n) is 14.7. The number of nitro groups is 1. The van der Waals surface area contributed by atoms with Crippen LogP contribution in [0.4, 0.5) is 11.4 Å². The average Bonchev–Trinajstić information content (AvgIpc) is 2.97. The molecule has 3 aliphatic rings. The number of carbonyl (C=O) groups excluding carboxylic acids is 1. The van der Waals surface area contributed by atoms with E-state index >= 15 is 0 Å². The standard InChI is InChI=1S/C21H18N2O4/c24-21-18-12-16(23(25)26)5-6-17(18)19(27-21)11-13-9-14-3-1-7-22-8-2-4-15(10-13)20(14)22/h5-6,9-12H,1-4,7-8H2. The van der Waals surface area contributed by atoms with Gasteiger partial charge >= 0.3 is 5.97 Å². The van der Waals surface area contributed by atoms with Crippen molar-refractivity contribution < 1.29 is 14.5 Å². The number of ether oxygens (including phenoxy) is 1. The highest BCUT2D eigenvalue weighted by Crippen LogP contribution is 2.38. The molecule has 5 rings (SSSR count). The monoisotopic (exact) mass is 362 g/mol. The molecule has 3 heterocycles. The molecule has 0 unspecified atom stereocenters. The van der Waals surface area contributed by atoms with Crippen LogP contribution in [0.5, 0.6) is 0 Å². The van der Waals surface area contributed by atoms with E-state index in [-0.39, 0.29) is 11.3 Å². The number of benzene rings is 2. The minimum absolute atomic E-state index is 0.106. The molecular weight excluding hydrogens is 344 g/mol. The quantitative estimate of drug-likeness (QED) is 0.459. The lowest BCUT2D eigenvalue weighted by atomic mass is 9.90. The number of esters is 1. The minimum Gasteiger partial charge on any atom is -0.422 e. The number of hydrogen-bond acceptors (Lipinski definition) is 5. The van der Waals surface area contributed by atoms with Crippen molar-refractivity contribution in [2.45, 2.75) is 25.7 Å². The third kappa shape index (κ3) is 2.60. The largest absolute Gasteiger partial charge is 0.422 e. The molecule has 0 fully saturated rings. The molecule has 0 saturated carbocycles. The number of hydrogen-bond donors (Lipinski definition) is 0. The summed E-state index contributed by atoms with van der Waals surface area (Å²) >= 11 is 0. The van der Waals surface area contributed by atoms with E-state index in [0.29, 0.717) is 11.3 Å². The van der Waals surface area contributed by atoms with Gasteiger partial charge in [0.25, 0.3) is 5.69 Å². The third-order valence-electron chi connectivity index (χ3n) is 5.55. The number of carbonyl (C=O) groups is 1. The first-order valence-electron chi connectivity index (χ1n) is 9.23. The maximum Gasteiger partial charge on any atom is 0.344 e. The first kappa shape index (κ1) is 16.1. The highest BCUT2D eigenvalue weighted by Gasteiger charge is 2.29. The topological polar surface area (TPSA) is 72.7 Å². The van der Waals surface area contributed by atoms with E-state index in [9.17, 15) is 14.9 Å². The number of fused-ring (bicyclic) bond motifs is 1. The lowest BCUT2D eigenvalue weighted by molar-refractivity contribution is -0.384.